The molecule has 8 heteroatoms. The number of allylic oxidation sites excluding steroid dienone is 2. The van der Waals surface area contributed by atoms with Crippen molar-refractivity contribution in [3.63, 3.8) is 0 Å². The van der Waals surface area contributed by atoms with Crippen LogP contribution in [0.5, 0.6) is 5.75 Å². The molecule has 1 fully saturated rings. The Labute approximate surface area is 150 Å². The molecule has 138 valence electrons. The number of hydrogen-bond donors (Lipinski definition) is 1. The summed E-state index contributed by atoms with van der Waals surface area (Å²) in [7, 11) is 1.31. The standard InChI is InChI=1S/C18H20N2O6/c1-10-5-15(20(23)24)16(25-2)8-14(10)19-17(21)9-26-18(22)13-7-11-3-4-12(13)6-11/h3-5,8,11-13H,6-7,9H2,1-2H3,(H,19,21). The molecule has 0 aliphatic heterocycles. The number of benzene rings is 1. The van der Waals surface area contributed by atoms with Crippen LogP contribution in [0.2, 0.25) is 0 Å². The lowest BCUT2D eigenvalue weighted by Crippen LogP contribution is -2.26. The molecule has 2 aliphatic rings. The van der Waals surface area contributed by atoms with Gasteiger partial charge in [0.25, 0.3) is 5.91 Å². The van der Waals surface area contributed by atoms with Gasteiger partial charge in [0, 0.05) is 17.8 Å². The van der Waals surface area contributed by atoms with Gasteiger partial charge in [-0.2, -0.15) is 0 Å². The van der Waals surface area contributed by atoms with Crippen molar-refractivity contribution in [3.8, 4) is 5.75 Å². The molecule has 0 aromatic heterocycles. The molecule has 0 spiro atoms. The van der Waals surface area contributed by atoms with Gasteiger partial charge in [0.15, 0.2) is 12.4 Å². The van der Waals surface area contributed by atoms with Crippen LogP contribution in [0.25, 0.3) is 0 Å². The first-order valence-electron chi connectivity index (χ1n) is 8.37. The number of methoxy groups -OCH3 is 1. The third kappa shape index (κ3) is 3.54. The summed E-state index contributed by atoms with van der Waals surface area (Å²) in [5.74, 6) is -0.315. The van der Waals surface area contributed by atoms with E-state index in [9.17, 15) is 19.7 Å². The minimum Gasteiger partial charge on any atom is -0.490 e. The number of nitrogens with one attached hydrogen (secondary N) is 1. The van der Waals surface area contributed by atoms with E-state index in [2.05, 4.69) is 11.4 Å². The summed E-state index contributed by atoms with van der Waals surface area (Å²) in [5.41, 5.74) is 0.700. The number of nitro groups is 1. The van der Waals surface area contributed by atoms with E-state index in [-0.39, 0.29) is 29.2 Å². The molecule has 26 heavy (non-hydrogen) atoms. The summed E-state index contributed by atoms with van der Waals surface area (Å²) >= 11 is 0. The Morgan fingerprint density at radius 3 is 2.65 bits per heavy atom. The SMILES string of the molecule is COc1cc(NC(=O)COC(=O)C2CC3C=CC2C3)c(C)cc1[N+](=O)[O-]. The topological polar surface area (TPSA) is 108 Å². The van der Waals surface area contributed by atoms with E-state index in [1.807, 2.05) is 6.08 Å². The molecule has 2 bridgehead atoms. The number of nitrogens with zero attached hydrogens (tertiary/aromatic N) is 1. The Morgan fingerprint density at radius 1 is 1.31 bits per heavy atom. The number of rotatable bonds is 6. The highest BCUT2D eigenvalue weighted by Crippen LogP contribution is 2.43. The van der Waals surface area contributed by atoms with Crippen molar-refractivity contribution in [3.05, 3.63) is 40.0 Å². The number of hydrogen-bond acceptors (Lipinski definition) is 6. The van der Waals surface area contributed by atoms with E-state index in [1.54, 1.807) is 6.92 Å². The molecular formula is C18H20N2O6. The number of fused-ring (bicyclic) bond motifs is 2. The molecule has 3 rings (SSSR count). The number of anilines is 1. The van der Waals surface area contributed by atoms with Crippen LogP contribution < -0.4 is 10.1 Å². The molecule has 0 heterocycles. The summed E-state index contributed by atoms with van der Waals surface area (Å²) in [6, 6.07) is 2.70. The monoisotopic (exact) mass is 360 g/mol. The van der Waals surface area contributed by atoms with Gasteiger partial charge in [0.1, 0.15) is 0 Å². The third-order valence-electron chi connectivity index (χ3n) is 4.92. The van der Waals surface area contributed by atoms with Crippen molar-refractivity contribution in [1.29, 1.82) is 0 Å². The van der Waals surface area contributed by atoms with Crippen molar-refractivity contribution in [2.24, 2.45) is 17.8 Å². The summed E-state index contributed by atoms with van der Waals surface area (Å²) in [5, 5.41) is 13.6. The molecule has 1 N–H and O–H groups in total. The average molecular weight is 360 g/mol. The van der Waals surface area contributed by atoms with Crippen LogP contribution in [0.1, 0.15) is 18.4 Å². The van der Waals surface area contributed by atoms with Crippen molar-refractivity contribution in [1.82, 2.24) is 0 Å². The molecule has 1 amide bonds. The number of esters is 1. The zero-order valence-electron chi connectivity index (χ0n) is 14.6. The van der Waals surface area contributed by atoms with Gasteiger partial charge in [0.05, 0.1) is 18.0 Å². The maximum Gasteiger partial charge on any atom is 0.311 e. The van der Waals surface area contributed by atoms with Gasteiger partial charge in [-0.1, -0.05) is 12.2 Å². The predicted octanol–water partition coefficient (Wildman–Crippen LogP) is 2.61. The minimum atomic E-state index is -0.553. The molecule has 3 atom stereocenters. The Balaban J connectivity index is 1.59. The van der Waals surface area contributed by atoms with Gasteiger partial charge in [0.2, 0.25) is 0 Å². The number of amides is 1. The first-order chi connectivity index (χ1) is 12.4. The summed E-state index contributed by atoms with van der Waals surface area (Å²) in [4.78, 5) is 34.7. The molecule has 2 aliphatic carbocycles. The van der Waals surface area contributed by atoms with Gasteiger partial charge < -0.3 is 14.8 Å². The zero-order valence-corrected chi connectivity index (χ0v) is 14.6. The number of ether oxygens (including phenoxy) is 2. The molecule has 0 saturated heterocycles. The Morgan fingerprint density at radius 2 is 2.08 bits per heavy atom. The highest BCUT2D eigenvalue weighted by molar-refractivity contribution is 5.94. The number of nitro benzene ring substituents is 1. The van der Waals surface area contributed by atoms with Gasteiger partial charge >= 0.3 is 11.7 Å². The molecule has 8 nitrogen and oxygen atoms in total. The summed E-state index contributed by atoms with van der Waals surface area (Å²) in [6.45, 7) is 1.24. The normalized spacial score (nSPS) is 22.9. The first-order valence-corrected chi connectivity index (χ1v) is 8.37. The second-order valence-corrected chi connectivity index (χ2v) is 6.64. The van der Waals surface area contributed by atoms with Gasteiger partial charge in [-0.3, -0.25) is 19.7 Å². The number of carbonyl (C=O) groups is 2. The van der Waals surface area contributed by atoms with Crippen molar-refractivity contribution < 1.29 is 24.0 Å². The van der Waals surface area contributed by atoms with E-state index >= 15 is 0 Å². The fourth-order valence-corrected chi connectivity index (χ4v) is 3.60. The second-order valence-electron chi connectivity index (χ2n) is 6.64. The second kappa shape index (κ2) is 7.15. The fraction of sp³-hybridized carbons (Fsp3) is 0.444. The van der Waals surface area contributed by atoms with E-state index in [0.29, 0.717) is 17.2 Å². The highest BCUT2D eigenvalue weighted by Gasteiger charge is 2.40. The Hall–Kier alpha value is -2.90. The smallest absolute Gasteiger partial charge is 0.311 e. The van der Waals surface area contributed by atoms with E-state index in [4.69, 9.17) is 9.47 Å². The fourth-order valence-electron chi connectivity index (χ4n) is 3.60. The van der Waals surface area contributed by atoms with Crippen molar-refractivity contribution >= 4 is 23.3 Å². The van der Waals surface area contributed by atoms with Crippen LogP contribution in [0, 0.1) is 34.8 Å². The lowest BCUT2D eigenvalue weighted by Gasteiger charge is -2.16. The van der Waals surface area contributed by atoms with Gasteiger partial charge in [-0.15, -0.1) is 0 Å². The van der Waals surface area contributed by atoms with Crippen LogP contribution in [-0.2, 0) is 14.3 Å². The number of aryl methyl sites for hydroxylation is 1. The lowest BCUT2D eigenvalue weighted by molar-refractivity contribution is -0.385. The lowest BCUT2D eigenvalue weighted by atomic mass is 9.94. The number of carbonyl (C=O) groups excluding carboxylic acids is 2. The van der Waals surface area contributed by atoms with Crippen LogP contribution in [0.15, 0.2) is 24.3 Å². The van der Waals surface area contributed by atoms with Gasteiger partial charge in [-0.25, -0.2) is 0 Å². The highest BCUT2D eigenvalue weighted by atomic mass is 16.6. The van der Waals surface area contributed by atoms with E-state index in [0.717, 1.165) is 12.8 Å². The average Bonchev–Trinajstić information content (AvgIpc) is 3.24. The summed E-state index contributed by atoms with van der Waals surface area (Å²) < 4.78 is 10.1. The van der Waals surface area contributed by atoms with Gasteiger partial charge in [-0.05, 0) is 37.2 Å². The van der Waals surface area contributed by atoms with E-state index in [1.165, 1.54) is 19.2 Å². The molecule has 1 saturated carbocycles. The summed E-state index contributed by atoms with van der Waals surface area (Å²) in [6.07, 6.45) is 5.94. The molecule has 0 radical (unpaired) electrons. The first kappa shape index (κ1) is 17.9. The quantitative estimate of drug-likeness (QED) is 0.362. The van der Waals surface area contributed by atoms with Crippen LogP contribution >= 0.6 is 0 Å². The Kier molecular flexibility index (Phi) is 4.92. The third-order valence-corrected chi connectivity index (χ3v) is 4.92. The van der Waals surface area contributed by atoms with Crippen molar-refractivity contribution in [2.45, 2.75) is 19.8 Å². The maximum absolute atomic E-state index is 12.1. The molecule has 1 aromatic carbocycles. The zero-order chi connectivity index (χ0) is 18.8. The van der Waals surface area contributed by atoms with Crippen molar-refractivity contribution in [2.75, 3.05) is 19.0 Å². The molecule has 1 aromatic rings. The molecular weight excluding hydrogens is 340 g/mol. The predicted molar refractivity (Wildman–Crippen MR) is 92.8 cm³/mol. The minimum absolute atomic E-state index is 0.0432. The largest absolute Gasteiger partial charge is 0.490 e. The van der Waals surface area contributed by atoms with Crippen LogP contribution in [0.3, 0.4) is 0 Å². The molecule has 3 unspecified atom stereocenters. The van der Waals surface area contributed by atoms with Crippen LogP contribution in [0.4, 0.5) is 11.4 Å². The van der Waals surface area contributed by atoms with E-state index < -0.39 is 17.4 Å². The van der Waals surface area contributed by atoms with Crippen LogP contribution in [-0.4, -0.2) is 30.5 Å². The maximum atomic E-state index is 12.1. The Bertz CT molecular complexity index is 788.